The number of hydrogen-bond acceptors (Lipinski definition) is 4. The number of fused-ring (bicyclic) bond motifs is 3. The zero-order valence-electron chi connectivity index (χ0n) is 15.4. The smallest absolute Gasteiger partial charge is 0.223 e. The molecule has 136 valence electrons. The van der Waals surface area contributed by atoms with Gasteiger partial charge in [-0.1, -0.05) is 30.3 Å². The Kier molecular flexibility index (Phi) is 4.32. The molecule has 1 saturated heterocycles. The third-order valence-corrected chi connectivity index (χ3v) is 5.48. The number of nitrogens with one attached hydrogen (secondary N) is 1. The quantitative estimate of drug-likeness (QED) is 0.922. The number of carbonyl (C=O) groups excluding carboxylic acids is 1. The van der Waals surface area contributed by atoms with Gasteiger partial charge in [0, 0.05) is 18.5 Å². The van der Waals surface area contributed by atoms with Gasteiger partial charge >= 0.3 is 0 Å². The van der Waals surface area contributed by atoms with Crippen LogP contribution < -0.4 is 14.8 Å². The summed E-state index contributed by atoms with van der Waals surface area (Å²) in [7, 11) is 3.30. The number of benzene rings is 2. The van der Waals surface area contributed by atoms with Crippen molar-refractivity contribution in [3.8, 4) is 11.5 Å². The molecule has 2 aliphatic rings. The van der Waals surface area contributed by atoms with Crippen molar-refractivity contribution in [3.05, 3.63) is 59.2 Å². The Hall–Kier alpha value is -2.53. The predicted molar refractivity (Wildman–Crippen MR) is 99.2 cm³/mol. The summed E-state index contributed by atoms with van der Waals surface area (Å²) in [4.78, 5) is 14.9. The van der Waals surface area contributed by atoms with Gasteiger partial charge in [0.15, 0.2) is 11.5 Å². The van der Waals surface area contributed by atoms with Crippen molar-refractivity contribution in [1.29, 1.82) is 0 Å². The molecule has 5 nitrogen and oxygen atoms in total. The molecule has 2 aromatic rings. The maximum Gasteiger partial charge on any atom is 0.223 e. The molecule has 4 rings (SSSR count). The van der Waals surface area contributed by atoms with Crippen molar-refractivity contribution in [2.24, 2.45) is 0 Å². The van der Waals surface area contributed by atoms with Gasteiger partial charge in [0.25, 0.3) is 0 Å². The van der Waals surface area contributed by atoms with Crippen molar-refractivity contribution in [2.75, 3.05) is 14.2 Å². The van der Waals surface area contributed by atoms with Gasteiger partial charge in [-0.05, 0) is 42.2 Å². The average Bonchev–Trinajstić information content (AvgIpc) is 2.67. The van der Waals surface area contributed by atoms with Crippen LogP contribution in [0.3, 0.4) is 0 Å². The predicted octanol–water partition coefficient (Wildman–Crippen LogP) is 3.21. The molecular formula is C21H24N2O3. The maximum atomic E-state index is 12.5. The number of hydrogen-bond donors (Lipinski definition) is 1. The number of ether oxygens (including phenoxy) is 2. The lowest BCUT2D eigenvalue weighted by molar-refractivity contribution is -0.131. The summed E-state index contributed by atoms with van der Waals surface area (Å²) in [5.41, 5.74) is 3.51. The monoisotopic (exact) mass is 352 g/mol. The molecule has 1 amide bonds. The van der Waals surface area contributed by atoms with E-state index in [1.165, 1.54) is 5.56 Å². The number of carbonyl (C=O) groups is 1. The molecule has 0 unspecified atom stereocenters. The van der Waals surface area contributed by atoms with E-state index >= 15 is 0 Å². The van der Waals surface area contributed by atoms with Crippen molar-refractivity contribution >= 4 is 5.91 Å². The van der Waals surface area contributed by atoms with Crippen LogP contribution in [0.4, 0.5) is 0 Å². The van der Waals surface area contributed by atoms with Gasteiger partial charge in [-0.2, -0.15) is 0 Å². The molecule has 5 heteroatoms. The molecule has 0 bridgehead atoms. The number of amides is 1. The summed E-state index contributed by atoms with van der Waals surface area (Å²) in [5, 5.41) is 3.18. The van der Waals surface area contributed by atoms with Crippen molar-refractivity contribution in [2.45, 2.75) is 38.0 Å². The first-order valence-corrected chi connectivity index (χ1v) is 8.99. The van der Waals surface area contributed by atoms with Gasteiger partial charge < -0.3 is 14.8 Å². The fourth-order valence-corrected chi connectivity index (χ4v) is 4.32. The van der Waals surface area contributed by atoms with Gasteiger partial charge in [-0.15, -0.1) is 0 Å². The van der Waals surface area contributed by atoms with E-state index in [2.05, 4.69) is 35.3 Å². The van der Waals surface area contributed by atoms with E-state index in [0.717, 1.165) is 23.3 Å². The molecule has 2 heterocycles. The summed E-state index contributed by atoms with van der Waals surface area (Å²) >= 11 is 0. The topological polar surface area (TPSA) is 50.8 Å². The molecule has 1 N–H and O–H groups in total. The Morgan fingerprint density at radius 3 is 2.42 bits per heavy atom. The Morgan fingerprint density at radius 1 is 1.04 bits per heavy atom. The van der Waals surface area contributed by atoms with Crippen LogP contribution >= 0.6 is 0 Å². The number of methoxy groups -OCH3 is 2. The van der Waals surface area contributed by atoms with Gasteiger partial charge in [0.2, 0.25) is 5.91 Å². The first-order chi connectivity index (χ1) is 12.6. The standard InChI is InChI=1S/C21H24N2O3/c1-13-9-15-10-18(25-2)19(26-3)11-16(15)17-12-20(24)22-21(23(13)17)14-7-5-4-6-8-14/h4-8,10-11,13,17,21H,9,12H2,1-3H3,(H,22,24)/t13-,17-,21-/m1/s1. The van der Waals surface area contributed by atoms with Crippen LogP contribution in [-0.2, 0) is 11.2 Å². The molecule has 0 aliphatic carbocycles. The minimum absolute atomic E-state index is 0.0347. The Morgan fingerprint density at radius 2 is 1.73 bits per heavy atom. The number of nitrogens with zero attached hydrogens (tertiary/aromatic N) is 1. The van der Waals surface area contributed by atoms with Crippen molar-refractivity contribution < 1.29 is 14.3 Å². The van der Waals surface area contributed by atoms with Crippen molar-refractivity contribution in [1.82, 2.24) is 10.2 Å². The summed E-state index contributed by atoms with van der Waals surface area (Å²) < 4.78 is 11.0. The minimum atomic E-state index is -0.112. The average molecular weight is 352 g/mol. The highest BCUT2D eigenvalue weighted by Crippen LogP contribution is 2.45. The zero-order chi connectivity index (χ0) is 18.3. The highest BCUT2D eigenvalue weighted by atomic mass is 16.5. The SMILES string of the molecule is COc1cc2c(cc1OC)[C@H]1CC(=O)N[C@@H](c3ccccc3)N1[C@H](C)C2. The summed E-state index contributed by atoms with van der Waals surface area (Å²) in [6.07, 6.45) is 1.25. The normalized spacial score (nSPS) is 25.0. The number of rotatable bonds is 3. The third-order valence-electron chi connectivity index (χ3n) is 5.48. The molecule has 1 fully saturated rings. The summed E-state index contributed by atoms with van der Waals surface area (Å²) in [5.74, 6) is 1.53. The molecule has 0 saturated carbocycles. The molecule has 2 aromatic carbocycles. The molecular weight excluding hydrogens is 328 g/mol. The third kappa shape index (κ3) is 2.72. The van der Waals surface area contributed by atoms with Crippen molar-refractivity contribution in [3.63, 3.8) is 0 Å². The van der Waals surface area contributed by atoms with Gasteiger partial charge in [0.1, 0.15) is 6.17 Å². The Labute approximate surface area is 153 Å². The van der Waals surface area contributed by atoms with E-state index in [9.17, 15) is 4.79 Å². The second kappa shape index (κ2) is 6.65. The molecule has 0 radical (unpaired) electrons. The fourth-order valence-electron chi connectivity index (χ4n) is 4.32. The minimum Gasteiger partial charge on any atom is -0.493 e. The summed E-state index contributed by atoms with van der Waals surface area (Å²) in [6, 6.07) is 14.6. The lowest BCUT2D eigenvalue weighted by Crippen LogP contribution is -2.55. The highest BCUT2D eigenvalue weighted by Gasteiger charge is 2.42. The molecule has 2 aliphatic heterocycles. The lowest BCUT2D eigenvalue weighted by Gasteiger charge is -2.49. The van der Waals surface area contributed by atoms with Gasteiger partial charge in [-0.25, -0.2) is 0 Å². The lowest BCUT2D eigenvalue weighted by atomic mass is 9.84. The van der Waals surface area contributed by atoms with E-state index in [1.54, 1.807) is 14.2 Å². The zero-order valence-corrected chi connectivity index (χ0v) is 15.4. The van der Waals surface area contributed by atoms with E-state index < -0.39 is 0 Å². The van der Waals surface area contributed by atoms with E-state index in [0.29, 0.717) is 18.2 Å². The second-order valence-corrected chi connectivity index (χ2v) is 7.01. The van der Waals surface area contributed by atoms with E-state index in [4.69, 9.17) is 9.47 Å². The van der Waals surface area contributed by atoms with E-state index in [-0.39, 0.29) is 18.1 Å². The highest BCUT2D eigenvalue weighted by molar-refractivity contribution is 5.78. The molecule has 26 heavy (non-hydrogen) atoms. The van der Waals surface area contributed by atoms with Gasteiger partial charge in [-0.3, -0.25) is 9.69 Å². The fraction of sp³-hybridized carbons (Fsp3) is 0.381. The molecule has 3 atom stereocenters. The van der Waals surface area contributed by atoms with Gasteiger partial charge in [0.05, 0.1) is 14.2 Å². The first kappa shape index (κ1) is 16.9. The Bertz CT molecular complexity index is 822. The maximum absolute atomic E-state index is 12.5. The molecule has 0 aromatic heterocycles. The Balaban J connectivity index is 1.80. The second-order valence-electron chi connectivity index (χ2n) is 7.01. The van der Waals surface area contributed by atoms with E-state index in [1.807, 2.05) is 24.3 Å². The van der Waals surface area contributed by atoms with Crippen LogP contribution in [0.5, 0.6) is 11.5 Å². The van der Waals surface area contributed by atoms with Crippen LogP contribution in [0.25, 0.3) is 0 Å². The van der Waals surface area contributed by atoms with Crippen LogP contribution in [0.2, 0.25) is 0 Å². The van der Waals surface area contributed by atoms with Crippen LogP contribution in [-0.4, -0.2) is 31.1 Å². The molecule has 0 spiro atoms. The van der Waals surface area contributed by atoms with Crippen LogP contribution in [0.1, 0.15) is 42.2 Å². The van der Waals surface area contributed by atoms with Crippen LogP contribution in [0, 0.1) is 0 Å². The first-order valence-electron chi connectivity index (χ1n) is 8.99. The van der Waals surface area contributed by atoms with Crippen LogP contribution in [0.15, 0.2) is 42.5 Å². The largest absolute Gasteiger partial charge is 0.493 e. The summed E-state index contributed by atoms with van der Waals surface area (Å²) in [6.45, 7) is 2.22.